The fourth-order valence-corrected chi connectivity index (χ4v) is 3.32. The lowest BCUT2D eigenvalue weighted by molar-refractivity contribution is -0.0205. The van der Waals surface area contributed by atoms with Gasteiger partial charge in [0.1, 0.15) is 0 Å². The van der Waals surface area contributed by atoms with Gasteiger partial charge in [-0.1, -0.05) is 30.3 Å². The average molecular weight is 217 g/mol. The number of hydrogen-bond donors (Lipinski definition) is 1. The van der Waals surface area contributed by atoms with Crippen molar-refractivity contribution in [2.75, 3.05) is 13.1 Å². The van der Waals surface area contributed by atoms with Crippen LogP contribution >= 0.6 is 0 Å². The molecule has 0 aromatic heterocycles. The maximum atomic E-state index is 10.3. The largest absolute Gasteiger partial charge is 0.389 e. The summed E-state index contributed by atoms with van der Waals surface area (Å²) in [6.45, 7) is 3.01. The second-order valence-electron chi connectivity index (χ2n) is 5.49. The molecule has 2 fully saturated rings. The number of aliphatic hydroxyl groups is 1. The first-order valence-corrected chi connectivity index (χ1v) is 6.22. The number of piperidine rings is 1. The van der Waals surface area contributed by atoms with Crippen LogP contribution in [-0.2, 0) is 6.54 Å². The van der Waals surface area contributed by atoms with E-state index < -0.39 is 0 Å². The summed E-state index contributed by atoms with van der Waals surface area (Å²) >= 11 is 0. The van der Waals surface area contributed by atoms with Gasteiger partial charge in [-0.3, -0.25) is 4.90 Å². The summed E-state index contributed by atoms with van der Waals surface area (Å²) in [6, 6.07) is 10.6. The van der Waals surface area contributed by atoms with Gasteiger partial charge in [0, 0.05) is 19.6 Å². The van der Waals surface area contributed by atoms with Gasteiger partial charge in [0.05, 0.1) is 5.60 Å². The van der Waals surface area contributed by atoms with Crippen LogP contribution in [0.2, 0.25) is 0 Å². The number of benzene rings is 1. The quantitative estimate of drug-likeness (QED) is 0.819. The summed E-state index contributed by atoms with van der Waals surface area (Å²) < 4.78 is 0. The minimum Gasteiger partial charge on any atom is -0.389 e. The van der Waals surface area contributed by atoms with Crippen molar-refractivity contribution in [2.24, 2.45) is 5.92 Å². The molecule has 2 atom stereocenters. The van der Waals surface area contributed by atoms with Gasteiger partial charge in [0.2, 0.25) is 0 Å². The van der Waals surface area contributed by atoms with Crippen molar-refractivity contribution in [1.82, 2.24) is 4.90 Å². The second kappa shape index (κ2) is 3.86. The maximum Gasteiger partial charge on any atom is 0.0777 e. The van der Waals surface area contributed by atoms with Crippen LogP contribution in [0, 0.1) is 5.92 Å². The minimum atomic E-state index is -0.377. The predicted molar refractivity (Wildman–Crippen MR) is 64.0 cm³/mol. The number of fused-ring (bicyclic) bond motifs is 2. The Hall–Kier alpha value is -0.860. The van der Waals surface area contributed by atoms with E-state index >= 15 is 0 Å². The molecule has 3 rings (SSSR count). The Morgan fingerprint density at radius 3 is 2.88 bits per heavy atom. The van der Waals surface area contributed by atoms with Crippen molar-refractivity contribution in [3.05, 3.63) is 35.9 Å². The topological polar surface area (TPSA) is 23.5 Å². The Bertz CT molecular complexity index is 364. The molecular weight excluding hydrogens is 198 g/mol. The van der Waals surface area contributed by atoms with Crippen molar-refractivity contribution in [3.8, 4) is 0 Å². The second-order valence-corrected chi connectivity index (χ2v) is 5.49. The van der Waals surface area contributed by atoms with E-state index in [9.17, 15) is 5.11 Å². The van der Waals surface area contributed by atoms with E-state index in [1.807, 2.05) is 0 Å². The summed E-state index contributed by atoms with van der Waals surface area (Å²) in [5, 5.41) is 10.3. The van der Waals surface area contributed by atoms with E-state index in [4.69, 9.17) is 0 Å². The van der Waals surface area contributed by atoms with E-state index in [1.165, 1.54) is 12.0 Å². The van der Waals surface area contributed by atoms with Crippen LogP contribution < -0.4 is 0 Å². The highest BCUT2D eigenvalue weighted by atomic mass is 16.3. The number of rotatable bonds is 2. The first kappa shape index (κ1) is 10.3. The normalized spacial score (nSPS) is 34.2. The van der Waals surface area contributed by atoms with Gasteiger partial charge in [0.15, 0.2) is 0 Å². The van der Waals surface area contributed by atoms with Crippen LogP contribution in [0.3, 0.4) is 0 Å². The molecule has 1 aromatic rings. The average Bonchev–Trinajstić information content (AvgIpc) is 2.54. The number of β-amino-alcohol motifs (C(OH)–C–C–N with tert-alkyl or cyclic N) is 1. The Kier molecular flexibility index (Phi) is 2.49. The zero-order valence-corrected chi connectivity index (χ0v) is 9.60. The molecule has 2 aliphatic rings. The lowest BCUT2D eigenvalue weighted by Crippen LogP contribution is -2.46. The monoisotopic (exact) mass is 217 g/mol. The lowest BCUT2D eigenvalue weighted by Gasteiger charge is -2.36. The number of hydrogen-bond acceptors (Lipinski definition) is 2. The minimum absolute atomic E-state index is 0.377. The fraction of sp³-hybridized carbons (Fsp3) is 0.571. The van der Waals surface area contributed by atoms with E-state index in [-0.39, 0.29) is 5.60 Å². The van der Waals surface area contributed by atoms with Crippen molar-refractivity contribution < 1.29 is 5.11 Å². The summed E-state index contributed by atoms with van der Waals surface area (Å²) in [6.07, 6.45) is 3.24. The first-order valence-electron chi connectivity index (χ1n) is 6.22. The van der Waals surface area contributed by atoms with Crippen molar-refractivity contribution in [2.45, 2.75) is 31.4 Å². The zero-order chi connectivity index (χ0) is 11.0. The fourth-order valence-electron chi connectivity index (χ4n) is 3.32. The molecule has 1 aliphatic carbocycles. The number of nitrogens with zero attached hydrogens (tertiary/aromatic N) is 1. The molecule has 2 unspecified atom stereocenters. The molecule has 1 aromatic carbocycles. The smallest absolute Gasteiger partial charge is 0.0777 e. The van der Waals surface area contributed by atoms with Gasteiger partial charge < -0.3 is 5.11 Å². The predicted octanol–water partition coefficient (Wildman–Crippen LogP) is 2.03. The molecule has 0 amide bonds. The highest BCUT2D eigenvalue weighted by Crippen LogP contribution is 2.39. The third-order valence-corrected chi connectivity index (χ3v) is 3.97. The van der Waals surface area contributed by atoms with E-state index in [2.05, 4.69) is 35.2 Å². The summed E-state index contributed by atoms with van der Waals surface area (Å²) in [5.74, 6) is 0.725. The molecule has 86 valence electrons. The Morgan fingerprint density at radius 1 is 1.31 bits per heavy atom. The molecule has 16 heavy (non-hydrogen) atoms. The van der Waals surface area contributed by atoms with Crippen LogP contribution in [0.25, 0.3) is 0 Å². The van der Waals surface area contributed by atoms with Gasteiger partial charge in [-0.25, -0.2) is 0 Å². The molecule has 0 spiro atoms. The van der Waals surface area contributed by atoms with Gasteiger partial charge in [-0.15, -0.1) is 0 Å². The van der Waals surface area contributed by atoms with Crippen LogP contribution in [0.5, 0.6) is 0 Å². The van der Waals surface area contributed by atoms with Gasteiger partial charge in [-0.2, -0.15) is 0 Å². The molecule has 2 heteroatoms. The molecule has 0 radical (unpaired) electrons. The van der Waals surface area contributed by atoms with Gasteiger partial charge >= 0.3 is 0 Å². The third-order valence-electron chi connectivity index (χ3n) is 3.97. The van der Waals surface area contributed by atoms with Crippen molar-refractivity contribution in [3.63, 3.8) is 0 Å². The van der Waals surface area contributed by atoms with Crippen LogP contribution in [0.15, 0.2) is 30.3 Å². The SMILES string of the molecule is OC12CCC(CN(Cc3ccccc3)C1)C2. The third kappa shape index (κ3) is 2.00. The molecule has 1 heterocycles. The highest BCUT2D eigenvalue weighted by Gasteiger charge is 2.43. The molecule has 1 aliphatic heterocycles. The Morgan fingerprint density at radius 2 is 2.12 bits per heavy atom. The molecule has 1 saturated carbocycles. The Balaban J connectivity index is 1.69. The molecule has 2 nitrogen and oxygen atoms in total. The van der Waals surface area contributed by atoms with Crippen LogP contribution in [0.1, 0.15) is 24.8 Å². The number of likely N-dealkylation sites (tertiary alicyclic amines) is 1. The van der Waals surface area contributed by atoms with Crippen LogP contribution in [-0.4, -0.2) is 28.7 Å². The maximum absolute atomic E-state index is 10.3. The Labute approximate surface area is 96.9 Å². The van der Waals surface area contributed by atoms with Crippen LogP contribution in [0.4, 0.5) is 0 Å². The zero-order valence-electron chi connectivity index (χ0n) is 9.60. The molecule has 1 saturated heterocycles. The van der Waals surface area contributed by atoms with E-state index in [0.717, 1.165) is 38.4 Å². The van der Waals surface area contributed by atoms with Gasteiger partial charge in [0.25, 0.3) is 0 Å². The van der Waals surface area contributed by atoms with E-state index in [1.54, 1.807) is 0 Å². The molecular formula is C14H19NO. The first-order chi connectivity index (χ1) is 7.73. The molecule has 2 bridgehead atoms. The van der Waals surface area contributed by atoms with Gasteiger partial charge in [-0.05, 0) is 30.7 Å². The van der Waals surface area contributed by atoms with Crippen molar-refractivity contribution >= 4 is 0 Å². The summed E-state index contributed by atoms with van der Waals surface area (Å²) in [7, 11) is 0. The summed E-state index contributed by atoms with van der Waals surface area (Å²) in [5.41, 5.74) is 0.977. The van der Waals surface area contributed by atoms with Crippen molar-refractivity contribution in [1.29, 1.82) is 0 Å². The van der Waals surface area contributed by atoms with E-state index in [0.29, 0.717) is 0 Å². The standard InChI is InChI=1S/C14H19NO/c16-14-7-6-13(8-14)10-15(11-14)9-12-4-2-1-3-5-12/h1-5,13,16H,6-11H2. The summed E-state index contributed by atoms with van der Waals surface area (Å²) in [4.78, 5) is 2.41. The lowest BCUT2D eigenvalue weighted by atomic mass is 9.94. The molecule has 1 N–H and O–H groups in total. The highest BCUT2D eigenvalue weighted by molar-refractivity contribution is 5.15.